The van der Waals surface area contributed by atoms with Gasteiger partial charge in [0.1, 0.15) is 0 Å². The van der Waals surface area contributed by atoms with E-state index in [1.165, 1.54) is 0 Å². The summed E-state index contributed by atoms with van der Waals surface area (Å²) >= 11 is 12.1. The maximum atomic E-state index is 11.5. The Morgan fingerprint density at radius 2 is 1.72 bits per heavy atom. The summed E-state index contributed by atoms with van der Waals surface area (Å²) in [4.78, 5) is 27.5. The number of halogens is 2. The molecule has 0 amide bonds. The third-order valence-corrected chi connectivity index (χ3v) is 3.41. The Hall–Kier alpha value is -1.52. The van der Waals surface area contributed by atoms with E-state index in [0.29, 0.717) is 33.3 Å². The van der Waals surface area contributed by atoms with E-state index in [9.17, 15) is 9.59 Å². The Morgan fingerprint density at radius 3 is 2.33 bits per heavy atom. The van der Waals surface area contributed by atoms with Crippen LogP contribution in [0.3, 0.4) is 0 Å². The molecule has 0 aliphatic rings. The predicted octanol–water partition coefficient (Wildman–Crippen LogP) is 2.27. The van der Waals surface area contributed by atoms with Gasteiger partial charge >= 0.3 is 5.69 Å². The molecule has 1 aromatic heterocycles. The molecule has 94 valence electrons. The van der Waals surface area contributed by atoms with Gasteiger partial charge in [-0.1, -0.05) is 29.3 Å². The fraction of sp³-hybridized carbons (Fsp3) is 0.167. The second-order valence-electron chi connectivity index (χ2n) is 3.89. The second kappa shape index (κ2) is 5.00. The van der Waals surface area contributed by atoms with Crippen LogP contribution in [0.25, 0.3) is 0 Å². The van der Waals surface area contributed by atoms with Crippen molar-refractivity contribution in [3.8, 4) is 0 Å². The summed E-state index contributed by atoms with van der Waals surface area (Å²) in [6.45, 7) is 1.63. The molecule has 0 aliphatic heterocycles. The van der Waals surface area contributed by atoms with Gasteiger partial charge in [0, 0.05) is 27.7 Å². The van der Waals surface area contributed by atoms with E-state index in [2.05, 4.69) is 9.97 Å². The molecule has 0 bridgehead atoms. The van der Waals surface area contributed by atoms with E-state index >= 15 is 0 Å². The molecule has 2 aromatic rings. The third-order valence-electron chi connectivity index (χ3n) is 2.70. The number of H-pyrrole nitrogens is 2. The summed E-state index contributed by atoms with van der Waals surface area (Å²) in [6, 6.07) is 5.16. The Balaban J connectivity index is 2.53. The molecule has 0 spiro atoms. The second-order valence-corrected chi connectivity index (χ2v) is 4.70. The summed E-state index contributed by atoms with van der Waals surface area (Å²) in [6.07, 6.45) is 0.309. The zero-order valence-corrected chi connectivity index (χ0v) is 11.0. The first-order valence-corrected chi connectivity index (χ1v) is 5.99. The number of hydrogen-bond acceptors (Lipinski definition) is 2. The number of hydrogen-bond donors (Lipinski definition) is 2. The van der Waals surface area contributed by atoms with Gasteiger partial charge in [0.15, 0.2) is 0 Å². The SMILES string of the molecule is Cc1c(Cc2c(Cl)cccc2Cl)[nH]c(=O)[nH]c1=O. The van der Waals surface area contributed by atoms with Crippen molar-refractivity contribution >= 4 is 23.2 Å². The van der Waals surface area contributed by atoms with Crippen molar-refractivity contribution in [2.24, 2.45) is 0 Å². The summed E-state index contributed by atoms with van der Waals surface area (Å²) in [7, 11) is 0. The van der Waals surface area contributed by atoms with Crippen molar-refractivity contribution in [3.05, 3.63) is 65.9 Å². The van der Waals surface area contributed by atoms with Gasteiger partial charge < -0.3 is 4.98 Å². The molecular formula is C12H10Cl2N2O2. The van der Waals surface area contributed by atoms with Crippen LogP contribution < -0.4 is 11.2 Å². The summed E-state index contributed by atoms with van der Waals surface area (Å²) in [5, 5.41) is 1.01. The fourth-order valence-electron chi connectivity index (χ4n) is 1.65. The first-order valence-electron chi connectivity index (χ1n) is 5.24. The van der Waals surface area contributed by atoms with Crippen molar-refractivity contribution in [2.45, 2.75) is 13.3 Å². The smallest absolute Gasteiger partial charge is 0.311 e. The van der Waals surface area contributed by atoms with Gasteiger partial charge in [-0.3, -0.25) is 9.78 Å². The first-order chi connectivity index (χ1) is 8.49. The van der Waals surface area contributed by atoms with Gasteiger partial charge in [-0.05, 0) is 24.6 Å². The minimum absolute atomic E-state index is 0.309. The molecule has 18 heavy (non-hydrogen) atoms. The third kappa shape index (κ3) is 2.49. The maximum absolute atomic E-state index is 11.5. The molecule has 0 atom stereocenters. The fourth-order valence-corrected chi connectivity index (χ4v) is 2.18. The Morgan fingerprint density at radius 1 is 1.11 bits per heavy atom. The highest BCUT2D eigenvalue weighted by molar-refractivity contribution is 6.36. The number of aromatic nitrogens is 2. The topological polar surface area (TPSA) is 65.7 Å². The maximum Gasteiger partial charge on any atom is 0.325 e. The van der Waals surface area contributed by atoms with Crippen molar-refractivity contribution in [1.29, 1.82) is 0 Å². The molecule has 4 nitrogen and oxygen atoms in total. The lowest BCUT2D eigenvalue weighted by Crippen LogP contribution is -2.26. The molecule has 0 unspecified atom stereocenters. The molecular weight excluding hydrogens is 275 g/mol. The molecule has 0 aliphatic carbocycles. The number of rotatable bonds is 2. The van der Waals surface area contributed by atoms with E-state index in [1.54, 1.807) is 25.1 Å². The quantitative estimate of drug-likeness (QED) is 0.889. The van der Waals surface area contributed by atoms with Crippen LogP contribution in [-0.4, -0.2) is 9.97 Å². The summed E-state index contributed by atoms with van der Waals surface area (Å²) < 4.78 is 0. The number of nitrogens with one attached hydrogen (secondary N) is 2. The Kier molecular flexibility index (Phi) is 3.59. The van der Waals surface area contributed by atoms with Crippen LogP contribution in [0.1, 0.15) is 16.8 Å². The van der Waals surface area contributed by atoms with Gasteiger partial charge in [-0.2, -0.15) is 0 Å². The minimum atomic E-state index is -0.538. The zero-order valence-electron chi connectivity index (χ0n) is 9.51. The van der Waals surface area contributed by atoms with Crippen molar-refractivity contribution in [1.82, 2.24) is 9.97 Å². The highest BCUT2D eigenvalue weighted by Gasteiger charge is 2.10. The molecule has 2 N–H and O–H groups in total. The molecule has 0 saturated carbocycles. The molecule has 1 heterocycles. The van der Waals surface area contributed by atoms with Crippen LogP contribution in [0, 0.1) is 6.92 Å². The zero-order chi connectivity index (χ0) is 13.3. The molecule has 1 aromatic carbocycles. The molecule has 0 fully saturated rings. The molecule has 2 rings (SSSR count). The Bertz CT molecular complexity index is 684. The molecule has 0 saturated heterocycles. The van der Waals surface area contributed by atoms with Crippen molar-refractivity contribution < 1.29 is 0 Å². The highest BCUT2D eigenvalue weighted by atomic mass is 35.5. The molecule has 6 heteroatoms. The largest absolute Gasteiger partial charge is 0.325 e. The average molecular weight is 285 g/mol. The monoisotopic (exact) mass is 284 g/mol. The molecule has 0 radical (unpaired) electrons. The lowest BCUT2D eigenvalue weighted by atomic mass is 10.1. The first kappa shape index (κ1) is 12.9. The summed E-state index contributed by atoms with van der Waals surface area (Å²) in [5.41, 5.74) is 0.704. The Labute approximate surface area is 113 Å². The van der Waals surface area contributed by atoms with Gasteiger partial charge in [-0.15, -0.1) is 0 Å². The summed E-state index contributed by atoms with van der Waals surface area (Å²) in [5.74, 6) is 0. The van der Waals surface area contributed by atoms with Gasteiger partial charge in [0.25, 0.3) is 5.56 Å². The van der Waals surface area contributed by atoms with E-state index in [4.69, 9.17) is 23.2 Å². The van der Waals surface area contributed by atoms with Gasteiger partial charge in [-0.25, -0.2) is 4.79 Å². The van der Waals surface area contributed by atoms with Crippen LogP contribution in [0.5, 0.6) is 0 Å². The number of benzene rings is 1. The van der Waals surface area contributed by atoms with Crippen LogP contribution in [-0.2, 0) is 6.42 Å². The van der Waals surface area contributed by atoms with E-state index in [-0.39, 0.29) is 0 Å². The minimum Gasteiger partial charge on any atom is -0.311 e. The van der Waals surface area contributed by atoms with Gasteiger partial charge in [0.05, 0.1) is 0 Å². The lowest BCUT2D eigenvalue weighted by molar-refractivity contribution is 0.925. The van der Waals surface area contributed by atoms with E-state index in [0.717, 1.165) is 0 Å². The predicted molar refractivity (Wildman–Crippen MR) is 71.7 cm³/mol. The highest BCUT2D eigenvalue weighted by Crippen LogP contribution is 2.26. The van der Waals surface area contributed by atoms with Crippen LogP contribution in [0.15, 0.2) is 27.8 Å². The standard InChI is InChI=1S/C12H10Cl2N2O2/c1-6-10(15-12(18)16-11(6)17)5-7-8(13)3-2-4-9(7)14/h2-4H,5H2,1H3,(H2,15,16,17,18). The lowest BCUT2D eigenvalue weighted by Gasteiger charge is -2.08. The van der Waals surface area contributed by atoms with Crippen LogP contribution in [0.2, 0.25) is 10.0 Å². The van der Waals surface area contributed by atoms with E-state index < -0.39 is 11.2 Å². The van der Waals surface area contributed by atoms with Crippen LogP contribution in [0.4, 0.5) is 0 Å². The normalized spacial score (nSPS) is 10.6. The van der Waals surface area contributed by atoms with Gasteiger partial charge in [0.2, 0.25) is 0 Å². The van der Waals surface area contributed by atoms with E-state index in [1.807, 2.05) is 0 Å². The average Bonchev–Trinajstić information content (AvgIpc) is 2.30. The van der Waals surface area contributed by atoms with Crippen LogP contribution >= 0.6 is 23.2 Å². The van der Waals surface area contributed by atoms with Crippen molar-refractivity contribution in [2.75, 3.05) is 0 Å². The van der Waals surface area contributed by atoms with Crippen molar-refractivity contribution in [3.63, 3.8) is 0 Å². The number of aromatic amines is 2.